The molecule has 2 aromatic rings. The van der Waals surface area contributed by atoms with E-state index in [1.165, 1.54) is 0 Å². The number of aromatic nitrogens is 2. The van der Waals surface area contributed by atoms with Crippen molar-refractivity contribution in [3.05, 3.63) is 47.8 Å². The van der Waals surface area contributed by atoms with Gasteiger partial charge in [0, 0.05) is 38.1 Å². The lowest BCUT2D eigenvalue weighted by atomic mass is 10.2. The number of nitrogens with zero attached hydrogens (tertiary/aromatic N) is 4. The Morgan fingerprint density at radius 1 is 1.20 bits per heavy atom. The van der Waals surface area contributed by atoms with Crippen LogP contribution in [0.3, 0.4) is 0 Å². The van der Waals surface area contributed by atoms with Crippen LogP contribution < -0.4 is 5.32 Å². The molecule has 3 rings (SSSR count). The molecule has 1 aliphatic heterocycles. The highest BCUT2D eigenvalue weighted by Crippen LogP contribution is 2.13. The lowest BCUT2D eigenvalue weighted by molar-refractivity contribution is -0.121. The number of benzene rings is 1. The van der Waals surface area contributed by atoms with Crippen LogP contribution in [0.2, 0.25) is 0 Å². The van der Waals surface area contributed by atoms with Gasteiger partial charge in [0.25, 0.3) is 0 Å². The quantitative estimate of drug-likeness (QED) is 0.901. The number of nitrogens with one attached hydrogen (secondary N) is 1. The summed E-state index contributed by atoms with van der Waals surface area (Å²) in [6, 6.07) is 7.88. The Bertz CT molecular complexity index is 701. The zero-order valence-corrected chi connectivity index (χ0v) is 15.3. The van der Waals surface area contributed by atoms with E-state index in [0.717, 1.165) is 49.5 Å². The molecule has 6 nitrogen and oxygen atoms in total. The number of likely N-dealkylation sites (N-methyl/N-ethyl adjacent to an activating group) is 1. The van der Waals surface area contributed by atoms with Gasteiger partial charge < -0.3 is 10.2 Å². The first kappa shape index (κ1) is 17.6. The number of rotatable bonds is 5. The van der Waals surface area contributed by atoms with Crippen molar-refractivity contribution in [1.82, 2.24) is 19.6 Å². The van der Waals surface area contributed by atoms with E-state index in [1.807, 2.05) is 55.2 Å². The van der Waals surface area contributed by atoms with Gasteiger partial charge in [0.1, 0.15) is 0 Å². The van der Waals surface area contributed by atoms with Gasteiger partial charge >= 0.3 is 0 Å². The maximum atomic E-state index is 12.5. The molecule has 0 unspecified atom stereocenters. The van der Waals surface area contributed by atoms with Crippen molar-refractivity contribution in [2.24, 2.45) is 0 Å². The molecule has 1 amide bonds. The van der Waals surface area contributed by atoms with Crippen LogP contribution in [0.1, 0.15) is 18.1 Å². The fourth-order valence-electron chi connectivity index (χ4n) is 3.06. The minimum absolute atomic E-state index is 0.0556. The average Bonchev–Trinajstić information content (AvgIpc) is 3.01. The number of anilines is 1. The Morgan fingerprint density at radius 2 is 1.88 bits per heavy atom. The summed E-state index contributed by atoms with van der Waals surface area (Å²) in [5.41, 5.74) is 3.15. The molecule has 2 heterocycles. The lowest BCUT2D eigenvalue weighted by Crippen LogP contribution is -2.51. The fraction of sp³-hybridized carbons (Fsp3) is 0.474. The lowest BCUT2D eigenvalue weighted by Gasteiger charge is -2.35. The number of carbonyl (C=O) groups is 1. The SMILES string of the molecule is Cc1cnn(Cc2ccc(NC(=O)[C@H](C)N3CCN(C)CC3)cc2)c1. The maximum Gasteiger partial charge on any atom is 0.241 e. The summed E-state index contributed by atoms with van der Waals surface area (Å²) >= 11 is 0. The van der Waals surface area contributed by atoms with Gasteiger partial charge in [-0.2, -0.15) is 5.10 Å². The molecule has 1 N–H and O–H groups in total. The number of aryl methyl sites for hydroxylation is 1. The topological polar surface area (TPSA) is 53.4 Å². The minimum Gasteiger partial charge on any atom is -0.325 e. The van der Waals surface area contributed by atoms with E-state index in [-0.39, 0.29) is 11.9 Å². The second-order valence-corrected chi connectivity index (χ2v) is 6.92. The third-order valence-corrected chi connectivity index (χ3v) is 4.79. The first-order chi connectivity index (χ1) is 12.0. The molecule has 0 bridgehead atoms. The van der Waals surface area contributed by atoms with Gasteiger partial charge in [-0.1, -0.05) is 12.1 Å². The molecule has 25 heavy (non-hydrogen) atoms. The van der Waals surface area contributed by atoms with Crippen molar-refractivity contribution in [2.45, 2.75) is 26.4 Å². The molecular formula is C19H27N5O. The van der Waals surface area contributed by atoms with Gasteiger partial charge in [0.15, 0.2) is 0 Å². The standard InChI is InChI=1S/C19H27N5O/c1-15-12-20-24(13-15)14-17-4-6-18(7-5-17)21-19(25)16(2)23-10-8-22(3)9-11-23/h4-7,12-13,16H,8-11,14H2,1-3H3,(H,21,25)/t16-/m0/s1. The minimum atomic E-state index is -0.111. The third kappa shape index (κ3) is 4.67. The average molecular weight is 341 g/mol. The summed E-state index contributed by atoms with van der Waals surface area (Å²) < 4.78 is 1.92. The Labute approximate surface area is 149 Å². The summed E-state index contributed by atoms with van der Waals surface area (Å²) in [5, 5.41) is 7.33. The summed E-state index contributed by atoms with van der Waals surface area (Å²) in [5.74, 6) is 0.0556. The Balaban J connectivity index is 1.54. The largest absolute Gasteiger partial charge is 0.325 e. The van der Waals surface area contributed by atoms with Crippen molar-refractivity contribution in [2.75, 3.05) is 38.5 Å². The Hall–Kier alpha value is -2.18. The van der Waals surface area contributed by atoms with Crippen LogP contribution in [-0.4, -0.2) is 64.8 Å². The highest BCUT2D eigenvalue weighted by Gasteiger charge is 2.24. The van der Waals surface area contributed by atoms with Crippen LogP contribution in [0.5, 0.6) is 0 Å². The molecule has 0 spiro atoms. The molecule has 1 aromatic carbocycles. The summed E-state index contributed by atoms with van der Waals surface area (Å²) in [4.78, 5) is 17.0. The van der Waals surface area contributed by atoms with Gasteiger partial charge in [-0.3, -0.25) is 14.4 Å². The van der Waals surface area contributed by atoms with Crippen molar-refractivity contribution >= 4 is 11.6 Å². The predicted octanol–water partition coefficient (Wildman–Crippen LogP) is 1.81. The van der Waals surface area contributed by atoms with Crippen molar-refractivity contribution in [3.63, 3.8) is 0 Å². The smallest absolute Gasteiger partial charge is 0.241 e. The second-order valence-electron chi connectivity index (χ2n) is 6.92. The van der Waals surface area contributed by atoms with Crippen LogP contribution in [-0.2, 0) is 11.3 Å². The van der Waals surface area contributed by atoms with E-state index in [9.17, 15) is 4.79 Å². The van der Waals surface area contributed by atoms with E-state index in [2.05, 4.69) is 27.3 Å². The van der Waals surface area contributed by atoms with E-state index < -0.39 is 0 Å². The molecule has 0 radical (unpaired) electrons. The number of piperazine rings is 1. The fourth-order valence-corrected chi connectivity index (χ4v) is 3.06. The van der Waals surface area contributed by atoms with Crippen LogP contribution in [0.4, 0.5) is 5.69 Å². The number of amides is 1. The molecule has 0 saturated carbocycles. The highest BCUT2D eigenvalue weighted by molar-refractivity contribution is 5.94. The van der Waals surface area contributed by atoms with Gasteiger partial charge in [-0.05, 0) is 44.2 Å². The van der Waals surface area contributed by atoms with E-state index in [1.54, 1.807) is 0 Å². The van der Waals surface area contributed by atoms with Gasteiger partial charge in [0.2, 0.25) is 5.91 Å². The van der Waals surface area contributed by atoms with Crippen molar-refractivity contribution in [3.8, 4) is 0 Å². The van der Waals surface area contributed by atoms with E-state index in [4.69, 9.17) is 0 Å². The van der Waals surface area contributed by atoms with Gasteiger partial charge in [-0.25, -0.2) is 0 Å². The maximum absolute atomic E-state index is 12.5. The summed E-state index contributed by atoms with van der Waals surface area (Å²) in [7, 11) is 2.12. The summed E-state index contributed by atoms with van der Waals surface area (Å²) in [6.45, 7) is 8.65. The Kier molecular flexibility index (Phi) is 5.50. The molecule has 1 saturated heterocycles. The van der Waals surface area contributed by atoms with E-state index >= 15 is 0 Å². The number of hydrogen-bond acceptors (Lipinski definition) is 4. The van der Waals surface area contributed by atoms with Crippen LogP contribution in [0.15, 0.2) is 36.7 Å². The highest BCUT2D eigenvalue weighted by atomic mass is 16.2. The molecule has 1 atom stereocenters. The van der Waals surface area contributed by atoms with Gasteiger partial charge in [0.05, 0.1) is 18.8 Å². The number of carbonyl (C=O) groups excluding carboxylic acids is 1. The molecule has 0 aliphatic carbocycles. The summed E-state index contributed by atoms with van der Waals surface area (Å²) in [6.07, 6.45) is 3.88. The molecule has 6 heteroatoms. The predicted molar refractivity (Wildman–Crippen MR) is 99.7 cm³/mol. The first-order valence-electron chi connectivity index (χ1n) is 8.83. The van der Waals surface area contributed by atoms with E-state index in [0.29, 0.717) is 0 Å². The zero-order valence-electron chi connectivity index (χ0n) is 15.3. The monoisotopic (exact) mass is 341 g/mol. The molecular weight excluding hydrogens is 314 g/mol. The van der Waals surface area contributed by atoms with Gasteiger partial charge in [-0.15, -0.1) is 0 Å². The molecule has 1 aliphatic rings. The van der Waals surface area contributed by atoms with Crippen LogP contribution >= 0.6 is 0 Å². The molecule has 1 aromatic heterocycles. The van der Waals surface area contributed by atoms with Crippen LogP contribution in [0.25, 0.3) is 0 Å². The molecule has 1 fully saturated rings. The normalized spacial score (nSPS) is 17.4. The Morgan fingerprint density at radius 3 is 2.48 bits per heavy atom. The van der Waals surface area contributed by atoms with Crippen molar-refractivity contribution in [1.29, 1.82) is 0 Å². The van der Waals surface area contributed by atoms with Crippen LogP contribution in [0, 0.1) is 6.92 Å². The molecule has 134 valence electrons. The zero-order chi connectivity index (χ0) is 17.8. The number of hydrogen-bond donors (Lipinski definition) is 1. The second kappa shape index (κ2) is 7.80. The third-order valence-electron chi connectivity index (χ3n) is 4.79. The van der Waals surface area contributed by atoms with Crippen molar-refractivity contribution < 1.29 is 4.79 Å². The first-order valence-corrected chi connectivity index (χ1v) is 8.83.